The maximum absolute atomic E-state index is 6.01. The number of hydrogen-bond donors (Lipinski definition) is 1. The van der Waals surface area contributed by atoms with Crippen molar-refractivity contribution in [2.24, 2.45) is 5.73 Å². The van der Waals surface area contributed by atoms with Crippen LogP contribution in [0.2, 0.25) is 0 Å². The molecule has 1 aromatic carbocycles. The summed E-state index contributed by atoms with van der Waals surface area (Å²) in [5.74, 6) is 0.366. The van der Waals surface area contributed by atoms with E-state index in [1.807, 2.05) is 18.5 Å². The first kappa shape index (κ1) is 13.8. The molecule has 1 atom stereocenters. The molecule has 0 spiro atoms. The Hall–Kier alpha value is -1.67. The van der Waals surface area contributed by atoms with Crippen LogP contribution in [0.4, 0.5) is 0 Å². The van der Waals surface area contributed by atoms with Gasteiger partial charge in [-0.1, -0.05) is 23.8 Å². The summed E-state index contributed by atoms with van der Waals surface area (Å²) in [6.45, 7) is 7.17. The fourth-order valence-electron chi connectivity index (χ4n) is 2.94. The van der Waals surface area contributed by atoms with E-state index in [4.69, 9.17) is 5.73 Å². The number of nitrogens with two attached hydrogens (primary N) is 1. The molecule has 0 saturated heterocycles. The largest absolute Gasteiger partial charge is 0.330 e. The van der Waals surface area contributed by atoms with Crippen molar-refractivity contribution in [2.75, 3.05) is 6.54 Å². The van der Waals surface area contributed by atoms with Gasteiger partial charge in [-0.25, -0.2) is 0 Å². The highest BCUT2D eigenvalue weighted by atomic mass is 14.6. The van der Waals surface area contributed by atoms with Gasteiger partial charge in [0.15, 0.2) is 0 Å². The monoisotopic (exact) mass is 254 g/mol. The average Bonchev–Trinajstić information content (AvgIpc) is 2.37. The van der Waals surface area contributed by atoms with Crippen molar-refractivity contribution in [3.63, 3.8) is 0 Å². The summed E-state index contributed by atoms with van der Waals surface area (Å²) >= 11 is 0. The Kier molecular flexibility index (Phi) is 4.33. The van der Waals surface area contributed by atoms with Crippen molar-refractivity contribution in [3.05, 3.63) is 64.5 Å². The second-order valence-corrected chi connectivity index (χ2v) is 5.31. The van der Waals surface area contributed by atoms with Crippen molar-refractivity contribution in [1.29, 1.82) is 0 Å². The lowest BCUT2D eigenvalue weighted by Crippen LogP contribution is -2.17. The molecule has 0 aliphatic heterocycles. The Morgan fingerprint density at radius 3 is 2.37 bits per heavy atom. The number of benzene rings is 1. The molecule has 19 heavy (non-hydrogen) atoms. The van der Waals surface area contributed by atoms with Gasteiger partial charge < -0.3 is 5.73 Å². The van der Waals surface area contributed by atoms with E-state index in [1.54, 1.807) is 0 Å². The van der Waals surface area contributed by atoms with Crippen LogP contribution in [0.15, 0.2) is 36.7 Å². The highest BCUT2D eigenvalue weighted by Gasteiger charge is 2.15. The van der Waals surface area contributed by atoms with Gasteiger partial charge >= 0.3 is 0 Å². The average molecular weight is 254 g/mol. The van der Waals surface area contributed by atoms with Crippen LogP contribution in [0.5, 0.6) is 0 Å². The van der Waals surface area contributed by atoms with Crippen molar-refractivity contribution < 1.29 is 0 Å². The molecule has 1 unspecified atom stereocenters. The summed E-state index contributed by atoms with van der Waals surface area (Å²) in [6, 6.07) is 8.59. The van der Waals surface area contributed by atoms with Crippen LogP contribution >= 0.6 is 0 Å². The van der Waals surface area contributed by atoms with Gasteiger partial charge in [0.05, 0.1) is 0 Å². The minimum absolute atomic E-state index is 0.366. The Morgan fingerprint density at radius 2 is 1.84 bits per heavy atom. The quantitative estimate of drug-likeness (QED) is 0.909. The lowest BCUT2D eigenvalue weighted by Gasteiger charge is -2.21. The van der Waals surface area contributed by atoms with E-state index in [0.29, 0.717) is 12.5 Å². The van der Waals surface area contributed by atoms with E-state index in [9.17, 15) is 0 Å². The molecule has 2 aromatic rings. The maximum atomic E-state index is 6.01. The van der Waals surface area contributed by atoms with E-state index in [-0.39, 0.29) is 0 Å². The zero-order chi connectivity index (χ0) is 13.8. The maximum Gasteiger partial charge on any atom is 0.0300 e. The third kappa shape index (κ3) is 3.21. The van der Waals surface area contributed by atoms with Gasteiger partial charge in [0.25, 0.3) is 0 Å². The van der Waals surface area contributed by atoms with E-state index in [2.05, 4.69) is 44.0 Å². The molecule has 0 radical (unpaired) electrons. The first-order valence-corrected chi connectivity index (χ1v) is 6.78. The number of aryl methyl sites for hydroxylation is 3. The molecule has 0 amide bonds. The van der Waals surface area contributed by atoms with Crippen LogP contribution in [-0.4, -0.2) is 11.5 Å². The SMILES string of the molecule is Cc1cc(C)c(C(CN)Cc2cccnc2)c(C)c1. The normalized spacial score (nSPS) is 12.4. The van der Waals surface area contributed by atoms with Crippen LogP contribution in [0.25, 0.3) is 0 Å². The van der Waals surface area contributed by atoms with Crippen LogP contribution in [0.3, 0.4) is 0 Å². The molecule has 0 saturated carbocycles. The molecule has 0 aliphatic carbocycles. The van der Waals surface area contributed by atoms with Crippen molar-refractivity contribution in [2.45, 2.75) is 33.1 Å². The molecule has 2 heteroatoms. The van der Waals surface area contributed by atoms with Gasteiger partial charge in [-0.2, -0.15) is 0 Å². The molecule has 0 fully saturated rings. The standard InChI is InChI=1S/C17H22N2/c1-12-7-13(2)17(14(3)8-12)16(10-18)9-15-5-4-6-19-11-15/h4-8,11,16H,9-10,18H2,1-3H3. The fraction of sp³-hybridized carbons (Fsp3) is 0.353. The van der Waals surface area contributed by atoms with Crippen LogP contribution in [0.1, 0.15) is 33.7 Å². The number of nitrogens with zero attached hydrogens (tertiary/aromatic N) is 1. The predicted molar refractivity (Wildman–Crippen MR) is 80.4 cm³/mol. The number of hydrogen-bond acceptors (Lipinski definition) is 2. The Morgan fingerprint density at radius 1 is 1.16 bits per heavy atom. The Labute approximate surface area is 115 Å². The topological polar surface area (TPSA) is 38.9 Å². The zero-order valence-corrected chi connectivity index (χ0v) is 12.0. The second-order valence-electron chi connectivity index (χ2n) is 5.31. The minimum Gasteiger partial charge on any atom is -0.330 e. The Bertz CT molecular complexity index is 523. The van der Waals surface area contributed by atoms with Crippen LogP contribution in [-0.2, 0) is 6.42 Å². The molecular weight excluding hydrogens is 232 g/mol. The second kappa shape index (κ2) is 5.98. The van der Waals surface area contributed by atoms with Crippen LogP contribution in [0, 0.1) is 20.8 Å². The van der Waals surface area contributed by atoms with E-state index in [1.165, 1.54) is 27.8 Å². The van der Waals surface area contributed by atoms with Crippen molar-refractivity contribution in [3.8, 4) is 0 Å². The van der Waals surface area contributed by atoms with E-state index >= 15 is 0 Å². The zero-order valence-electron chi connectivity index (χ0n) is 12.0. The van der Waals surface area contributed by atoms with Crippen molar-refractivity contribution >= 4 is 0 Å². The van der Waals surface area contributed by atoms with Gasteiger partial charge in [-0.3, -0.25) is 4.98 Å². The van der Waals surface area contributed by atoms with E-state index < -0.39 is 0 Å². The van der Waals surface area contributed by atoms with Gasteiger partial charge in [0.2, 0.25) is 0 Å². The third-order valence-corrected chi connectivity index (χ3v) is 3.64. The molecule has 0 bridgehead atoms. The first-order valence-electron chi connectivity index (χ1n) is 6.78. The fourth-order valence-corrected chi connectivity index (χ4v) is 2.94. The summed E-state index contributed by atoms with van der Waals surface area (Å²) < 4.78 is 0. The molecule has 1 heterocycles. The summed E-state index contributed by atoms with van der Waals surface area (Å²) in [4.78, 5) is 4.18. The number of aromatic nitrogens is 1. The molecule has 2 nitrogen and oxygen atoms in total. The van der Waals surface area contributed by atoms with E-state index in [0.717, 1.165) is 6.42 Å². The lowest BCUT2D eigenvalue weighted by atomic mass is 9.86. The molecular formula is C17H22N2. The molecule has 1 aromatic heterocycles. The molecule has 100 valence electrons. The molecule has 2 rings (SSSR count). The first-order chi connectivity index (χ1) is 9.11. The Balaban J connectivity index is 2.32. The summed E-state index contributed by atoms with van der Waals surface area (Å²) in [5.41, 5.74) is 12.7. The molecule has 2 N–H and O–H groups in total. The summed E-state index contributed by atoms with van der Waals surface area (Å²) in [6.07, 6.45) is 4.69. The smallest absolute Gasteiger partial charge is 0.0300 e. The van der Waals surface area contributed by atoms with Gasteiger partial charge in [-0.15, -0.1) is 0 Å². The summed E-state index contributed by atoms with van der Waals surface area (Å²) in [5, 5.41) is 0. The highest BCUT2D eigenvalue weighted by molar-refractivity contribution is 5.40. The lowest BCUT2D eigenvalue weighted by molar-refractivity contribution is 0.683. The van der Waals surface area contributed by atoms with Crippen molar-refractivity contribution in [1.82, 2.24) is 4.98 Å². The van der Waals surface area contributed by atoms with Gasteiger partial charge in [0, 0.05) is 18.3 Å². The predicted octanol–water partition coefficient (Wildman–Crippen LogP) is 3.29. The number of pyridine rings is 1. The highest BCUT2D eigenvalue weighted by Crippen LogP contribution is 2.27. The number of rotatable bonds is 4. The molecule has 0 aliphatic rings. The van der Waals surface area contributed by atoms with Gasteiger partial charge in [-0.05, 0) is 62.1 Å². The van der Waals surface area contributed by atoms with Gasteiger partial charge in [0.1, 0.15) is 0 Å². The third-order valence-electron chi connectivity index (χ3n) is 3.64. The summed E-state index contributed by atoms with van der Waals surface area (Å²) in [7, 11) is 0. The van der Waals surface area contributed by atoms with Crippen LogP contribution < -0.4 is 5.73 Å². The minimum atomic E-state index is 0.366.